The van der Waals surface area contributed by atoms with Gasteiger partial charge in [-0.1, -0.05) is 38.1 Å². The molecular formula is C20H23NO2. The minimum atomic E-state index is 0.0483. The van der Waals surface area contributed by atoms with E-state index in [-0.39, 0.29) is 5.91 Å². The molecule has 1 aliphatic heterocycles. The van der Waals surface area contributed by atoms with Crippen LogP contribution in [0.4, 0.5) is 5.69 Å². The molecule has 0 radical (unpaired) electrons. The molecule has 0 bridgehead atoms. The number of aryl methyl sites for hydroxylation is 1. The topological polar surface area (TPSA) is 29.5 Å². The van der Waals surface area contributed by atoms with E-state index in [0.717, 1.165) is 30.8 Å². The molecule has 23 heavy (non-hydrogen) atoms. The summed E-state index contributed by atoms with van der Waals surface area (Å²) in [7, 11) is 0. The molecule has 0 aliphatic carbocycles. The first kappa shape index (κ1) is 15.6. The second kappa shape index (κ2) is 6.86. The van der Waals surface area contributed by atoms with E-state index in [9.17, 15) is 4.79 Å². The van der Waals surface area contributed by atoms with Gasteiger partial charge in [-0.05, 0) is 48.6 Å². The molecule has 2 aromatic rings. The first-order chi connectivity index (χ1) is 11.1. The monoisotopic (exact) mass is 309 g/mol. The second-order valence-electron chi connectivity index (χ2n) is 6.42. The summed E-state index contributed by atoms with van der Waals surface area (Å²) in [4.78, 5) is 14.8. The number of rotatable bonds is 4. The van der Waals surface area contributed by atoms with Gasteiger partial charge in [-0.25, -0.2) is 0 Å². The lowest BCUT2D eigenvalue weighted by atomic mass is 10.0. The van der Waals surface area contributed by atoms with Crippen molar-refractivity contribution >= 4 is 11.6 Å². The smallest absolute Gasteiger partial charge is 0.258 e. The highest BCUT2D eigenvalue weighted by Crippen LogP contribution is 2.28. The van der Waals surface area contributed by atoms with Crippen molar-refractivity contribution in [3.63, 3.8) is 0 Å². The Hall–Kier alpha value is -2.29. The summed E-state index contributed by atoms with van der Waals surface area (Å²) in [5, 5.41) is 0. The Labute approximate surface area is 137 Å². The maximum absolute atomic E-state index is 12.9. The van der Waals surface area contributed by atoms with Crippen LogP contribution >= 0.6 is 0 Å². The molecular weight excluding hydrogens is 286 g/mol. The van der Waals surface area contributed by atoms with E-state index >= 15 is 0 Å². The Morgan fingerprint density at radius 1 is 1.17 bits per heavy atom. The van der Waals surface area contributed by atoms with Gasteiger partial charge in [0.2, 0.25) is 0 Å². The van der Waals surface area contributed by atoms with Gasteiger partial charge in [0.15, 0.2) is 0 Å². The van der Waals surface area contributed by atoms with E-state index in [1.165, 1.54) is 5.56 Å². The van der Waals surface area contributed by atoms with Crippen LogP contribution < -0.4 is 9.64 Å². The Kier molecular flexibility index (Phi) is 4.65. The molecule has 0 N–H and O–H groups in total. The third kappa shape index (κ3) is 3.55. The van der Waals surface area contributed by atoms with Gasteiger partial charge in [0, 0.05) is 17.8 Å². The summed E-state index contributed by atoms with van der Waals surface area (Å²) in [5.74, 6) is 1.27. The molecule has 0 aromatic heterocycles. The maximum atomic E-state index is 12.9. The summed E-state index contributed by atoms with van der Waals surface area (Å²) >= 11 is 0. The van der Waals surface area contributed by atoms with Gasteiger partial charge in [0.05, 0.1) is 6.61 Å². The maximum Gasteiger partial charge on any atom is 0.258 e. The number of amides is 1. The fourth-order valence-electron chi connectivity index (χ4n) is 2.88. The number of anilines is 1. The fourth-order valence-corrected chi connectivity index (χ4v) is 2.88. The van der Waals surface area contributed by atoms with Gasteiger partial charge in [0.1, 0.15) is 5.75 Å². The van der Waals surface area contributed by atoms with Gasteiger partial charge in [0.25, 0.3) is 5.91 Å². The quantitative estimate of drug-likeness (QED) is 0.842. The lowest BCUT2D eigenvalue weighted by Gasteiger charge is -2.29. The van der Waals surface area contributed by atoms with Gasteiger partial charge < -0.3 is 9.64 Å². The number of para-hydroxylation sites is 1. The molecule has 1 heterocycles. The zero-order valence-corrected chi connectivity index (χ0v) is 13.8. The standard InChI is InChI=1S/C20H23NO2/c1-15(2)14-23-18-10-5-8-17(13-18)20(22)21-12-6-9-16-7-3-4-11-19(16)21/h3-5,7-8,10-11,13,15H,6,9,12,14H2,1-2H3. The minimum Gasteiger partial charge on any atom is -0.493 e. The van der Waals surface area contributed by atoms with Gasteiger partial charge in [-0.15, -0.1) is 0 Å². The lowest BCUT2D eigenvalue weighted by Crippen LogP contribution is -2.35. The van der Waals surface area contributed by atoms with Crippen molar-refractivity contribution in [3.05, 3.63) is 59.7 Å². The molecule has 0 atom stereocenters. The van der Waals surface area contributed by atoms with E-state index in [4.69, 9.17) is 4.74 Å². The number of nitrogens with zero attached hydrogens (tertiary/aromatic N) is 1. The molecule has 1 amide bonds. The lowest BCUT2D eigenvalue weighted by molar-refractivity contribution is 0.0984. The minimum absolute atomic E-state index is 0.0483. The van der Waals surface area contributed by atoms with Crippen LogP contribution in [0.25, 0.3) is 0 Å². The molecule has 0 spiro atoms. The third-order valence-corrected chi connectivity index (χ3v) is 4.02. The van der Waals surface area contributed by atoms with Crippen LogP contribution in [0.1, 0.15) is 36.2 Å². The van der Waals surface area contributed by atoms with Crippen molar-refractivity contribution < 1.29 is 9.53 Å². The molecule has 0 saturated carbocycles. The zero-order valence-electron chi connectivity index (χ0n) is 13.8. The van der Waals surface area contributed by atoms with Crippen molar-refractivity contribution in [2.75, 3.05) is 18.1 Å². The van der Waals surface area contributed by atoms with Crippen LogP contribution in [-0.2, 0) is 6.42 Å². The SMILES string of the molecule is CC(C)COc1cccc(C(=O)N2CCCc3ccccc32)c1. The fraction of sp³-hybridized carbons (Fsp3) is 0.350. The molecule has 0 saturated heterocycles. The molecule has 1 aliphatic rings. The van der Waals surface area contributed by atoms with Crippen LogP contribution in [-0.4, -0.2) is 19.1 Å². The molecule has 3 heteroatoms. The van der Waals surface area contributed by atoms with Crippen molar-refractivity contribution in [2.24, 2.45) is 5.92 Å². The van der Waals surface area contributed by atoms with Crippen molar-refractivity contribution in [1.82, 2.24) is 0 Å². The van der Waals surface area contributed by atoms with Crippen molar-refractivity contribution in [2.45, 2.75) is 26.7 Å². The highest BCUT2D eigenvalue weighted by molar-refractivity contribution is 6.06. The number of carbonyl (C=O) groups excluding carboxylic acids is 1. The summed E-state index contributed by atoms with van der Waals surface area (Å²) in [5.41, 5.74) is 2.97. The second-order valence-corrected chi connectivity index (χ2v) is 6.42. The number of hydrogen-bond donors (Lipinski definition) is 0. The van der Waals surface area contributed by atoms with E-state index in [1.807, 2.05) is 47.4 Å². The molecule has 3 nitrogen and oxygen atoms in total. The van der Waals surface area contributed by atoms with Crippen molar-refractivity contribution in [1.29, 1.82) is 0 Å². The summed E-state index contributed by atoms with van der Waals surface area (Å²) < 4.78 is 5.74. The average Bonchev–Trinajstić information content (AvgIpc) is 2.59. The number of hydrogen-bond acceptors (Lipinski definition) is 2. The summed E-state index contributed by atoms with van der Waals surface area (Å²) in [6, 6.07) is 15.7. The van der Waals surface area contributed by atoms with E-state index in [1.54, 1.807) is 0 Å². The number of ether oxygens (including phenoxy) is 1. The third-order valence-electron chi connectivity index (χ3n) is 4.02. The highest BCUT2D eigenvalue weighted by Gasteiger charge is 2.23. The van der Waals surface area contributed by atoms with Crippen LogP contribution in [0.15, 0.2) is 48.5 Å². The van der Waals surface area contributed by atoms with Gasteiger partial charge in [-0.3, -0.25) is 4.79 Å². The molecule has 2 aromatic carbocycles. The normalized spacial score (nSPS) is 13.8. The van der Waals surface area contributed by atoms with Gasteiger partial charge >= 0.3 is 0 Å². The van der Waals surface area contributed by atoms with Gasteiger partial charge in [-0.2, -0.15) is 0 Å². The predicted octanol–water partition coefficient (Wildman–Crippen LogP) is 4.31. The van der Waals surface area contributed by atoms with Crippen LogP contribution in [0, 0.1) is 5.92 Å². The molecule has 0 fully saturated rings. The molecule has 0 unspecified atom stereocenters. The summed E-state index contributed by atoms with van der Waals surface area (Å²) in [6.45, 7) is 5.65. The first-order valence-corrected chi connectivity index (χ1v) is 8.28. The van der Waals surface area contributed by atoms with Crippen LogP contribution in [0.5, 0.6) is 5.75 Å². The Balaban J connectivity index is 1.83. The van der Waals surface area contributed by atoms with Crippen molar-refractivity contribution in [3.8, 4) is 5.75 Å². The Morgan fingerprint density at radius 2 is 2.00 bits per heavy atom. The first-order valence-electron chi connectivity index (χ1n) is 8.28. The van der Waals surface area contributed by atoms with Crippen LogP contribution in [0.3, 0.4) is 0 Å². The van der Waals surface area contributed by atoms with E-state index in [0.29, 0.717) is 18.1 Å². The number of carbonyl (C=O) groups is 1. The Morgan fingerprint density at radius 3 is 2.83 bits per heavy atom. The zero-order chi connectivity index (χ0) is 16.2. The van der Waals surface area contributed by atoms with E-state index in [2.05, 4.69) is 19.9 Å². The Bertz CT molecular complexity index is 694. The predicted molar refractivity (Wildman–Crippen MR) is 93.2 cm³/mol. The molecule has 120 valence electrons. The largest absolute Gasteiger partial charge is 0.493 e. The van der Waals surface area contributed by atoms with E-state index < -0.39 is 0 Å². The highest BCUT2D eigenvalue weighted by atomic mass is 16.5. The average molecular weight is 309 g/mol. The summed E-state index contributed by atoms with van der Waals surface area (Å²) in [6.07, 6.45) is 2.05. The van der Waals surface area contributed by atoms with Crippen LogP contribution in [0.2, 0.25) is 0 Å². The molecule has 3 rings (SSSR count). The number of fused-ring (bicyclic) bond motifs is 1. The number of benzene rings is 2.